The molecule has 3 amide bonds. The number of rotatable bonds is 13. The Balaban J connectivity index is 2.34. The van der Waals surface area contributed by atoms with E-state index in [4.69, 9.17) is 10.8 Å². The zero-order valence-corrected chi connectivity index (χ0v) is 21.1. The lowest BCUT2D eigenvalue weighted by molar-refractivity contribution is -0.143. The fraction of sp³-hybridized carbons (Fsp3) is 0.520. The van der Waals surface area contributed by atoms with E-state index in [1.165, 1.54) is 0 Å². The van der Waals surface area contributed by atoms with Crippen LogP contribution >= 0.6 is 0 Å². The molecule has 2 aromatic rings. The Labute approximate surface area is 210 Å². The van der Waals surface area contributed by atoms with Crippen molar-refractivity contribution < 1.29 is 29.4 Å². The van der Waals surface area contributed by atoms with Crippen molar-refractivity contribution in [3.8, 4) is 0 Å². The van der Waals surface area contributed by atoms with Crippen molar-refractivity contribution in [2.24, 2.45) is 17.6 Å². The van der Waals surface area contributed by atoms with Gasteiger partial charge in [0.2, 0.25) is 17.7 Å². The highest BCUT2D eigenvalue weighted by Gasteiger charge is 2.33. The number of fused-ring (bicyclic) bond motifs is 1. The van der Waals surface area contributed by atoms with Gasteiger partial charge in [0.15, 0.2) is 0 Å². The smallest absolute Gasteiger partial charge is 0.326 e. The van der Waals surface area contributed by atoms with E-state index < -0.39 is 54.5 Å². The summed E-state index contributed by atoms with van der Waals surface area (Å²) in [5.74, 6) is -3.84. The topological polar surface area (TPSA) is 187 Å². The molecule has 0 aliphatic rings. The van der Waals surface area contributed by atoms with Gasteiger partial charge in [0, 0.05) is 23.5 Å². The summed E-state index contributed by atoms with van der Waals surface area (Å²) >= 11 is 0. The van der Waals surface area contributed by atoms with Crippen LogP contribution in [0, 0.1) is 11.8 Å². The van der Waals surface area contributed by atoms with Crippen molar-refractivity contribution in [2.45, 2.75) is 64.7 Å². The molecule has 0 aliphatic carbocycles. The zero-order chi connectivity index (χ0) is 27.0. The third-order valence-electron chi connectivity index (χ3n) is 6.29. The molecule has 5 unspecified atom stereocenters. The Morgan fingerprint density at radius 1 is 0.972 bits per heavy atom. The van der Waals surface area contributed by atoms with Crippen LogP contribution in [0.3, 0.4) is 0 Å². The Morgan fingerprint density at radius 3 is 2.19 bits per heavy atom. The molecule has 1 aromatic heterocycles. The predicted molar refractivity (Wildman–Crippen MR) is 135 cm³/mol. The molecule has 1 aromatic carbocycles. The molecule has 11 nitrogen and oxygen atoms in total. The number of benzene rings is 1. The van der Waals surface area contributed by atoms with E-state index in [0.717, 1.165) is 16.5 Å². The number of H-pyrrole nitrogens is 1. The first-order valence-electron chi connectivity index (χ1n) is 12.0. The summed E-state index contributed by atoms with van der Waals surface area (Å²) in [6, 6.07) is 3.00. The number of amides is 3. The molecule has 11 heteroatoms. The number of hydrogen-bond donors (Lipinski definition) is 7. The number of aliphatic carboxylic acids is 1. The van der Waals surface area contributed by atoms with E-state index in [1.807, 2.05) is 31.2 Å². The van der Waals surface area contributed by atoms with E-state index in [1.54, 1.807) is 27.0 Å². The van der Waals surface area contributed by atoms with Gasteiger partial charge < -0.3 is 36.9 Å². The average molecular weight is 504 g/mol. The van der Waals surface area contributed by atoms with Crippen LogP contribution in [0.4, 0.5) is 0 Å². The quantitative estimate of drug-likeness (QED) is 0.204. The molecule has 2 rings (SSSR count). The number of carboxylic acid groups (broad SMARTS) is 1. The number of carbonyl (C=O) groups is 4. The lowest BCUT2D eigenvalue weighted by Crippen LogP contribution is -2.59. The van der Waals surface area contributed by atoms with Crippen molar-refractivity contribution in [1.29, 1.82) is 0 Å². The monoisotopic (exact) mass is 503 g/mol. The summed E-state index contributed by atoms with van der Waals surface area (Å²) in [7, 11) is 0. The van der Waals surface area contributed by atoms with E-state index >= 15 is 0 Å². The normalized spacial score (nSPS) is 15.5. The van der Waals surface area contributed by atoms with E-state index in [2.05, 4.69) is 20.9 Å². The van der Waals surface area contributed by atoms with Crippen LogP contribution in [0.5, 0.6) is 0 Å². The van der Waals surface area contributed by atoms with Crippen LogP contribution in [0.1, 0.15) is 39.7 Å². The molecular weight excluding hydrogens is 466 g/mol. The van der Waals surface area contributed by atoms with Gasteiger partial charge in [0.05, 0.1) is 6.61 Å². The number of carbonyl (C=O) groups excluding carboxylic acids is 3. The summed E-state index contributed by atoms with van der Waals surface area (Å²) in [6.45, 7) is 6.39. The summed E-state index contributed by atoms with van der Waals surface area (Å²) in [5, 5.41) is 27.4. The first kappa shape index (κ1) is 28.8. The Kier molecular flexibility index (Phi) is 10.4. The van der Waals surface area contributed by atoms with E-state index in [9.17, 15) is 24.3 Å². The molecular formula is C25H37N5O6. The van der Waals surface area contributed by atoms with Crippen LogP contribution in [0.25, 0.3) is 10.9 Å². The van der Waals surface area contributed by atoms with Gasteiger partial charge in [-0.15, -0.1) is 0 Å². The lowest BCUT2D eigenvalue weighted by Gasteiger charge is -2.27. The van der Waals surface area contributed by atoms with Gasteiger partial charge in [0.1, 0.15) is 24.2 Å². The SMILES string of the molecule is CCC(C)C(NC(=O)C(Cc1c[nH]c2ccccc12)NC(=O)C(NC(=O)C(N)CO)C(C)C)C(=O)O. The second-order valence-electron chi connectivity index (χ2n) is 9.35. The summed E-state index contributed by atoms with van der Waals surface area (Å²) in [5.41, 5.74) is 7.18. The predicted octanol–water partition coefficient (Wildman–Crippen LogP) is 0.271. The van der Waals surface area contributed by atoms with Crippen molar-refractivity contribution in [1.82, 2.24) is 20.9 Å². The number of nitrogens with one attached hydrogen (secondary N) is 4. The highest BCUT2D eigenvalue weighted by molar-refractivity contribution is 5.95. The third-order valence-corrected chi connectivity index (χ3v) is 6.29. The molecule has 1 heterocycles. The van der Waals surface area contributed by atoms with E-state index in [0.29, 0.717) is 6.42 Å². The highest BCUT2D eigenvalue weighted by atomic mass is 16.4. The third kappa shape index (κ3) is 7.28. The van der Waals surface area contributed by atoms with Crippen LogP contribution < -0.4 is 21.7 Å². The number of aromatic nitrogens is 1. The molecule has 0 saturated heterocycles. The number of aliphatic hydroxyl groups excluding tert-OH is 1. The standard InChI is InChI=1S/C25H37N5O6/c1-5-14(4)21(25(35)36)30-23(33)19(10-15-11-27-18-9-7-6-8-16(15)18)28-24(34)20(13(2)3)29-22(32)17(26)12-31/h6-9,11,13-14,17,19-21,27,31H,5,10,12,26H2,1-4H3,(H,28,34)(H,29,32)(H,30,33)(H,35,36). The van der Waals surface area contributed by atoms with Gasteiger partial charge in [-0.05, 0) is 23.5 Å². The minimum absolute atomic E-state index is 0.0867. The van der Waals surface area contributed by atoms with Crippen LogP contribution in [-0.2, 0) is 25.6 Å². The fourth-order valence-electron chi connectivity index (χ4n) is 3.81. The number of hydrogen-bond acceptors (Lipinski definition) is 6. The Bertz CT molecular complexity index is 1070. The highest BCUT2D eigenvalue weighted by Crippen LogP contribution is 2.20. The molecule has 0 aliphatic heterocycles. The van der Waals surface area contributed by atoms with Gasteiger partial charge in [0.25, 0.3) is 0 Å². The first-order valence-corrected chi connectivity index (χ1v) is 12.0. The molecule has 8 N–H and O–H groups in total. The van der Waals surface area contributed by atoms with Crippen molar-refractivity contribution >= 4 is 34.6 Å². The number of carboxylic acids is 1. The molecule has 0 radical (unpaired) electrons. The largest absolute Gasteiger partial charge is 0.480 e. The Hall–Kier alpha value is -3.44. The number of nitrogens with two attached hydrogens (primary N) is 1. The Morgan fingerprint density at radius 2 is 1.61 bits per heavy atom. The minimum atomic E-state index is -1.20. The van der Waals surface area contributed by atoms with Crippen LogP contribution in [-0.4, -0.2) is 69.7 Å². The van der Waals surface area contributed by atoms with Crippen molar-refractivity contribution in [2.75, 3.05) is 6.61 Å². The van der Waals surface area contributed by atoms with Crippen LogP contribution in [0.2, 0.25) is 0 Å². The van der Waals surface area contributed by atoms with Gasteiger partial charge in [-0.2, -0.15) is 0 Å². The second kappa shape index (κ2) is 13.0. The maximum Gasteiger partial charge on any atom is 0.326 e. The summed E-state index contributed by atoms with van der Waals surface area (Å²) in [4.78, 5) is 53.7. The molecule has 198 valence electrons. The second-order valence-corrected chi connectivity index (χ2v) is 9.35. The maximum atomic E-state index is 13.3. The fourth-order valence-corrected chi connectivity index (χ4v) is 3.81. The molecule has 0 bridgehead atoms. The first-order chi connectivity index (χ1) is 17.0. The van der Waals surface area contributed by atoms with Crippen LogP contribution in [0.15, 0.2) is 30.5 Å². The van der Waals surface area contributed by atoms with Gasteiger partial charge in [-0.25, -0.2) is 4.79 Å². The van der Waals surface area contributed by atoms with Gasteiger partial charge in [-0.1, -0.05) is 52.3 Å². The number of aliphatic hydroxyl groups is 1. The number of para-hydroxylation sites is 1. The van der Waals surface area contributed by atoms with Crippen molar-refractivity contribution in [3.05, 3.63) is 36.0 Å². The van der Waals surface area contributed by atoms with Crippen molar-refractivity contribution in [3.63, 3.8) is 0 Å². The van der Waals surface area contributed by atoms with Gasteiger partial charge in [-0.3, -0.25) is 14.4 Å². The number of aromatic amines is 1. The lowest BCUT2D eigenvalue weighted by atomic mass is 9.97. The van der Waals surface area contributed by atoms with Gasteiger partial charge >= 0.3 is 5.97 Å². The van der Waals surface area contributed by atoms with E-state index in [-0.39, 0.29) is 18.3 Å². The summed E-state index contributed by atoms with van der Waals surface area (Å²) in [6.07, 6.45) is 2.36. The average Bonchev–Trinajstić information content (AvgIpc) is 3.26. The molecule has 0 spiro atoms. The zero-order valence-electron chi connectivity index (χ0n) is 21.1. The minimum Gasteiger partial charge on any atom is -0.480 e. The summed E-state index contributed by atoms with van der Waals surface area (Å²) < 4.78 is 0. The molecule has 36 heavy (non-hydrogen) atoms. The maximum absolute atomic E-state index is 13.3. The molecule has 0 fully saturated rings. The molecule has 5 atom stereocenters. The molecule has 0 saturated carbocycles.